The normalized spacial score (nSPS) is 12.5. The highest BCUT2D eigenvalue weighted by molar-refractivity contribution is 5.86. The van der Waals surface area contributed by atoms with Crippen LogP contribution in [-0.4, -0.2) is 42.1 Å². The van der Waals surface area contributed by atoms with Crippen LogP contribution in [0.1, 0.15) is 82.9 Å². The molecular formula is C39H52O5. The van der Waals surface area contributed by atoms with Gasteiger partial charge >= 0.3 is 5.97 Å². The summed E-state index contributed by atoms with van der Waals surface area (Å²) in [5, 5.41) is 20.5. The second kappa shape index (κ2) is 18.4. The third kappa shape index (κ3) is 10.3. The Balaban J connectivity index is 1.85. The highest BCUT2D eigenvalue weighted by Gasteiger charge is 2.20. The van der Waals surface area contributed by atoms with Gasteiger partial charge in [-0.15, -0.1) is 0 Å². The van der Waals surface area contributed by atoms with E-state index < -0.39 is 12.1 Å². The van der Waals surface area contributed by atoms with Gasteiger partial charge in [0.2, 0.25) is 0 Å². The molecule has 3 rings (SSSR count). The number of benzene rings is 3. The third-order valence-corrected chi connectivity index (χ3v) is 8.25. The van der Waals surface area contributed by atoms with E-state index in [9.17, 15) is 15.0 Å². The van der Waals surface area contributed by atoms with Crippen LogP contribution in [0.5, 0.6) is 5.75 Å². The Morgan fingerprint density at radius 1 is 0.841 bits per heavy atom. The first-order chi connectivity index (χ1) is 21.3. The summed E-state index contributed by atoms with van der Waals surface area (Å²) < 4.78 is 11.6. The van der Waals surface area contributed by atoms with Gasteiger partial charge in [-0.1, -0.05) is 102 Å². The number of ether oxygens (including phenoxy) is 2. The van der Waals surface area contributed by atoms with Crippen LogP contribution in [-0.2, 0) is 28.8 Å². The largest absolute Gasteiger partial charge is 0.493 e. The first-order valence-corrected chi connectivity index (χ1v) is 16.4. The van der Waals surface area contributed by atoms with Crippen LogP contribution in [0.15, 0.2) is 72.8 Å². The van der Waals surface area contributed by atoms with Gasteiger partial charge in [0.15, 0.2) is 0 Å². The number of aliphatic hydroxyl groups excluding tert-OH is 2. The smallest absolute Gasteiger partial charge is 0.333 e. The lowest BCUT2D eigenvalue weighted by Gasteiger charge is -2.22. The third-order valence-electron chi connectivity index (χ3n) is 8.25. The minimum Gasteiger partial charge on any atom is -0.493 e. The molecule has 0 aliphatic carbocycles. The number of rotatable bonds is 19. The Kier molecular flexibility index (Phi) is 14.7. The van der Waals surface area contributed by atoms with Gasteiger partial charge in [0.1, 0.15) is 5.75 Å². The molecule has 0 aliphatic heterocycles. The average molecular weight is 601 g/mol. The van der Waals surface area contributed by atoms with Gasteiger partial charge < -0.3 is 19.7 Å². The van der Waals surface area contributed by atoms with E-state index in [4.69, 9.17) is 9.47 Å². The van der Waals surface area contributed by atoms with Crippen LogP contribution < -0.4 is 4.74 Å². The molecule has 2 atom stereocenters. The number of carbonyl (C=O) groups is 1. The zero-order valence-electron chi connectivity index (χ0n) is 27.2. The molecule has 3 aromatic rings. The summed E-state index contributed by atoms with van der Waals surface area (Å²) in [5.41, 5.74) is 8.55. The van der Waals surface area contributed by atoms with Crippen molar-refractivity contribution < 1.29 is 24.5 Å². The van der Waals surface area contributed by atoms with Gasteiger partial charge in [0.05, 0.1) is 25.9 Å². The summed E-state index contributed by atoms with van der Waals surface area (Å²) in [4.78, 5) is 12.0. The van der Waals surface area contributed by atoms with Gasteiger partial charge in [-0.3, -0.25) is 0 Å². The maximum absolute atomic E-state index is 12.0. The van der Waals surface area contributed by atoms with Crippen molar-refractivity contribution in [2.24, 2.45) is 5.92 Å². The molecule has 0 bridgehead atoms. The van der Waals surface area contributed by atoms with Crippen molar-refractivity contribution in [3.8, 4) is 28.0 Å². The van der Waals surface area contributed by atoms with Crippen LogP contribution in [0.25, 0.3) is 22.3 Å². The number of carbonyl (C=O) groups excluding carboxylic acids is 1. The minimum absolute atomic E-state index is 0.150. The summed E-state index contributed by atoms with van der Waals surface area (Å²) in [6.45, 7) is 12.0. The SMILES string of the molecule is C=C(C)C(=O)OCCc1cc(-c2ccc(-c3ccc(CCCCC)cc3)cc2CC)ccc1OCC(CO)C(O)CCCC. The molecule has 0 heterocycles. The summed E-state index contributed by atoms with van der Waals surface area (Å²) in [5.74, 6) is -0.129. The number of aryl methyl sites for hydroxylation is 2. The molecular weight excluding hydrogens is 548 g/mol. The summed E-state index contributed by atoms with van der Waals surface area (Å²) >= 11 is 0. The quantitative estimate of drug-likeness (QED) is 0.0820. The van der Waals surface area contributed by atoms with Crippen molar-refractivity contribution in [2.45, 2.75) is 91.6 Å². The van der Waals surface area contributed by atoms with E-state index >= 15 is 0 Å². The summed E-state index contributed by atoms with van der Waals surface area (Å²) in [7, 11) is 0. The number of aliphatic hydroxyl groups is 2. The minimum atomic E-state index is -0.623. The molecule has 0 saturated carbocycles. The summed E-state index contributed by atoms with van der Waals surface area (Å²) in [6.07, 6.45) is 8.10. The van der Waals surface area contributed by atoms with E-state index in [-0.39, 0.29) is 25.7 Å². The lowest BCUT2D eigenvalue weighted by Crippen LogP contribution is -2.29. The topological polar surface area (TPSA) is 76.0 Å². The molecule has 0 radical (unpaired) electrons. The van der Waals surface area contributed by atoms with Crippen molar-refractivity contribution in [3.05, 3.63) is 89.5 Å². The fourth-order valence-electron chi connectivity index (χ4n) is 5.38. The van der Waals surface area contributed by atoms with E-state index in [2.05, 4.69) is 81.9 Å². The Bertz CT molecular complexity index is 1330. The van der Waals surface area contributed by atoms with E-state index in [1.165, 1.54) is 41.5 Å². The van der Waals surface area contributed by atoms with E-state index in [0.29, 0.717) is 24.2 Å². The molecule has 3 aromatic carbocycles. The summed E-state index contributed by atoms with van der Waals surface area (Å²) in [6, 6.07) is 21.7. The van der Waals surface area contributed by atoms with Crippen LogP contribution in [0, 0.1) is 5.92 Å². The standard InChI is InChI=1S/C39H52O5/c1-6-9-11-12-29-14-16-31(17-15-29)32-18-20-36(30(8-3)24-32)33-19-21-38(34(25-33)22-23-43-39(42)28(4)5)44-27-35(26-40)37(41)13-10-7-2/h14-21,24-25,35,37,40-41H,4,6-13,22-23,26-27H2,1-3,5H3. The molecule has 2 N–H and O–H groups in total. The van der Waals surface area contributed by atoms with Crippen LogP contribution in [0.4, 0.5) is 0 Å². The maximum atomic E-state index is 12.0. The highest BCUT2D eigenvalue weighted by Crippen LogP contribution is 2.33. The number of unbranched alkanes of at least 4 members (excludes halogenated alkanes) is 3. The zero-order valence-corrected chi connectivity index (χ0v) is 27.2. The van der Waals surface area contributed by atoms with Crippen LogP contribution >= 0.6 is 0 Å². The maximum Gasteiger partial charge on any atom is 0.333 e. The van der Waals surface area contributed by atoms with Gasteiger partial charge in [0.25, 0.3) is 0 Å². The molecule has 0 amide bonds. The first-order valence-electron chi connectivity index (χ1n) is 16.4. The number of hydrogen-bond acceptors (Lipinski definition) is 5. The van der Waals surface area contributed by atoms with Crippen molar-refractivity contribution >= 4 is 5.97 Å². The fraction of sp³-hybridized carbons (Fsp3) is 0.462. The van der Waals surface area contributed by atoms with E-state index in [1.54, 1.807) is 6.92 Å². The molecule has 5 heteroatoms. The van der Waals surface area contributed by atoms with Crippen molar-refractivity contribution in [3.63, 3.8) is 0 Å². The lowest BCUT2D eigenvalue weighted by molar-refractivity contribution is -0.138. The van der Waals surface area contributed by atoms with Gasteiger partial charge in [-0.25, -0.2) is 4.79 Å². The molecule has 2 unspecified atom stereocenters. The molecule has 0 aromatic heterocycles. The Labute approximate surface area is 264 Å². The number of esters is 1. The first kappa shape index (κ1) is 35.1. The van der Waals surface area contributed by atoms with Gasteiger partial charge in [-0.05, 0) is 83.7 Å². The second-order valence-corrected chi connectivity index (χ2v) is 11.8. The van der Waals surface area contributed by atoms with Crippen LogP contribution in [0.3, 0.4) is 0 Å². The predicted octanol–water partition coefficient (Wildman–Crippen LogP) is 8.52. The Hall–Kier alpha value is -3.41. The predicted molar refractivity (Wildman–Crippen MR) is 181 cm³/mol. The van der Waals surface area contributed by atoms with Crippen molar-refractivity contribution in [1.82, 2.24) is 0 Å². The van der Waals surface area contributed by atoms with Crippen LogP contribution in [0.2, 0.25) is 0 Å². The fourth-order valence-corrected chi connectivity index (χ4v) is 5.38. The highest BCUT2D eigenvalue weighted by atomic mass is 16.5. The van der Waals surface area contributed by atoms with Gasteiger partial charge in [0, 0.05) is 17.9 Å². The zero-order chi connectivity index (χ0) is 31.9. The van der Waals surface area contributed by atoms with Crippen molar-refractivity contribution in [2.75, 3.05) is 19.8 Å². The molecule has 238 valence electrons. The molecule has 0 spiro atoms. The van der Waals surface area contributed by atoms with E-state index in [1.807, 2.05) is 6.07 Å². The lowest BCUT2D eigenvalue weighted by atomic mass is 9.92. The number of hydrogen-bond donors (Lipinski definition) is 2. The molecule has 44 heavy (non-hydrogen) atoms. The monoisotopic (exact) mass is 600 g/mol. The van der Waals surface area contributed by atoms with Gasteiger partial charge in [-0.2, -0.15) is 0 Å². The Morgan fingerprint density at radius 2 is 1.52 bits per heavy atom. The molecule has 5 nitrogen and oxygen atoms in total. The second-order valence-electron chi connectivity index (χ2n) is 11.8. The molecule has 0 saturated heterocycles. The van der Waals surface area contributed by atoms with E-state index in [0.717, 1.165) is 42.4 Å². The molecule has 0 fully saturated rings. The molecule has 0 aliphatic rings. The van der Waals surface area contributed by atoms with Crippen molar-refractivity contribution in [1.29, 1.82) is 0 Å². The Morgan fingerprint density at radius 3 is 2.18 bits per heavy atom. The average Bonchev–Trinajstić information content (AvgIpc) is 3.04.